The highest BCUT2D eigenvalue weighted by molar-refractivity contribution is 5.85. The van der Waals surface area contributed by atoms with Crippen LogP contribution in [0.4, 0.5) is 0 Å². The second-order valence-corrected chi connectivity index (χ2v) is 3.70. The first kappa shape index (κ1) is 12.9. The van der Waals surface area contributed by atoms with E-state index in [2.05, 4.69) is 12.2 Å². The first-order chi connectivity index (χ1) is 7.22. The number of fused-ring (bicyclic) bond motifs is 1. The number of hydrogen-bond donors (Lipinski definition) is 2. The summed E-state index contributed by atoms with van der Waals surface area (Å²) < 4.78 is 10.4. The lowest BCUT2D eigenvalue weighted by Gasteiger charge is -2.12. The maximum atomic E-state index is 9.92. The Labute approximate surface area is 101 Å². The lowest BCUT2D eigenvalue weighted by atomic mass is 10.1. The van der Waals surface area contributed by atoms with E-state index in [4.69, 9.17) is 9.47 Å². The van der Waals surface area contributed by atoms with Crippen molar-refractivity contribution in [3.63, 3.8) is 0 Å². The zero-order chi connectivity index (χ0) is 10.8. The summed E-state index contributed by atoms with van der Waals surface area (Å²) in [5, 5.41) is 13.0. The molecule has 0 unspecified atom stereocenters. The Balaban J connectivity index is 0.00000128. The van der Waals surface area contributed by atoms with Gasteiger partial charge in [-0.05, 0) is 32.0 Å². The molecule has 1 aromatic rings. The van der Waals surface area contributed by atoms with Crippen molar-refractivity contribution in [2.24, 2.45) is 0 Å². The van der Waals surface area contributed by atoms with Gasteiger partial charge in [-0.15, -0.1) is 12.4 Å². The third-order valence-electron chi connectivity index (χ3n) is 2.62. The van der Waals surface area contributed by atoms with Crippen LogP contribution in [-0.4, -0.2) is 25.0 Å². The predicted octanol–water partition coefficient (Wildman–Crippen LogP) is 1.69. The third kappa shape index (κ3) is 2.33. The number of ether oxygens (including phenoxy) is 2. The van der Waals surface area contributed by atoms with Crippen molar-refractivity contribution in [2.75, 3.05) is 13.8 Å². The quantitative estimate of drug-likeness (QED) is 0.851. The van der Waals surface area contributed by atoms with Crippen molar-refractivity contribution in [2.45, 2.75) is 19.4 Å². The number of aromatic hydroxyl groups is 1. The van der Waals surface area contributed by atoms with Gasteiger partial charge < -0.3 is 19.9 Å². The van der Waals surface area contributed by atoms with Crippen LogP contribution < -0.4 is 14.8 Å². The highest BCUT2D eigenvalue weighted by Crippen LogP contribution is 2.42. The summed E-state index contributed by atoms with van der Waals surface area (Å²) in [7, 11) is 1.90. The highest BCUT2D eigenvalue weighted by atomic mass is 35.5. The van der Waals surface area contributed by atoms with Crippen LogP contribution >= 0.6 is 12.4 Å². The SMILES string of the molecule is CN[C@@H](C)Cc1ccc2c(c1O)OCO2.Cl. The molecule has 4 nitrogen and oxygen atoms in total. The number of nitrogens with one attached hydrogen (secondary N) is 1. The average molecular weight is 246 g/mol. The van der Waals surface area contributed by atoms with Crippen LogP contribution in [0.25, 0.3) is 0 Å². The molecule has 0 saturated carbocycles. The summed E-state index contributed by atoms with van der Waals surface area (Å²) in [5.74, 6) is 1.29. The van der Waals surface area contributed by atoms with Gasteiger partial charge in [0, 0.05) is 6.04 Å². The minimum Gasteiger partial charge on any atom is -0.504 e. The molecular weight excluding hydrogens is 230 g/mol. The topological polar surface area (TPSA) is 50.7 Å². The molecule has 5 heteroatoms. The van der Waals surface area contributed by atoms with Gasteiger partial charge in [-0.2, -0.15) is 0 Å². The molecule has 0 aliphatic carbocycles. The lowest BCUT2D eigenvalue weighted by molar-refractivity contribution is 0.171. The van der Waals surface area contributed by atoms with Gasteiger partial charge >= 0.3 is 0 Å². The van der Waals surface area contributed by atoms with Gasteiger partial charge in [0.2, 0.25) is 12.5 Å². The number of phenolic OH excluding ortho intramolecular Hbond substituents is 1. The van der Waals surface area contributed by atoms with Crippen LogP contribution in [0.3, 0.4) is 0 Å². The van der Waals surface area contributed by atoms with Crippen molar-refractivity contribution in [1.29, 1.82) is 0 Å². The Morgan fingerprint density at radius 1 is 1.44 bits per heavy atom. The first-order valence-electron chi connectivity index (χ1n) is 5.00. The zero-order valence-electron chi connectivity index (χ0n) is 9.32. The fourth-order valence-corrected chi connectivity index (χ4v) is 1.60. The van der Waals surface area contributed by atoms with E-state index in [9.17, 15) is 5.11 Å². The van der Waals surface area contributed by atoms with E-state index in [1.54, 1.807) is 0 Å². The fraction of sp³-hybridized carbons (Fsp3) is 0.455. The summed E-state index contributed by atoms with van der Waals surface area (Å²) in [6.45, 7) is 2.25. The molecule has 1 heterocycles. The largest absolute Gasteiger partial charge is 0.504 e. The summed E-state index contributed by atoms with van der Waals surface area (Å²) >= 11 is 0. The van der Waals surface area contributed by atoms with Crippen LogP contribution in [0, 0.1) is 0 Å². The predicted molar refractivity (Wildman–Crippen MR) is 63.7 cm³/mol. The van der Waals surface area contributed by atoms with E-state index in [1.807, 2.05) is 19.2 Å². The fourth-order valence-electron chi connectivity index (χ4n) is 1.60. The minimum atomic E-state index is 0. The normalized spacial score (nSPS) is 14.4. The molecule has 0 aromatic heterocycles. The van der Waals surface area contributed by atoms with Crippen LogP contribution in [0.2, 0.25) is 0 Å². The zero-order valence-corrected chi connectivity index (χ0v) is 10.1. The molecule has 2 N–H and O–H groups in total. The lowest BCUT2D eigenvalue weighted by Crippen LogP contribution is -2.23. The van der Waals surface area contributed by atoms with Gasteiger partial charge in [-0.25, -0.2) is 0 Å². The molecule has 0 spiro atoms. The Hall–Kier alpha value is -1.13. The molecule has 1 aliphatic rings. The third-order valence-corrected chi connectivity index (χ3v) is 2.62. The molecule has 0 fully saturated rings. The van der Waals surface area contributed by atoms with Gasteiger partial charge in [0.25, 0.3) is 0 Å². The Bertz CT molecular complexity index is 370. The molecule has 16 heavy (non-hydrogen) atoms. The summed E-state index contributed by atoms with van der Waals surface area (Å²) in [6.07, 6.45) is 0.763. The maximum Gasteiger partial charge on any atom is 0.231 e. The van der Waals surface area contributed by atoms with E-state index in [0.29, 0.717) is 17.5 Å². The monoisotopic (exact) mass is 245 g/mol. The standard InChI is InChI=1S/C11H15NO3.ClH/c1-7(12-2)5-8-3-4-9-11(10(8)13)15-6-14-9;/h3-4,7,12-13H,5-6H2,1-2H3;1H/t7-;/m0./s1. The van der Waals surface area contributed by atoms with Crippen molar-refractivity contribution >= 4 is 12.4 Å². The number of hydrogen-bond acceptors (Lipinski definition) is 4. The van der Waals surface area contributed by atoms with Crippen LogP contribution in [0.15, 0.2) is 12.1 Å². The molecule has 1 atom stereocenters. The van der Waals surface area contributed by atoms with Gasteiger partial charge in [-0.1, -0.05) is 6.07 Å². The second kappa shape index (κ2) is 5.27. The van der Waals surface area contributed by atoms with Crippen molar-refractivity contribution in [3.05, 3.63) is 17.7 Å². The smallest absolute Gasteiger partial charge is 0.231 e. The summed E-state index contributed by atoms with van der Waals surface area (Å²) in [6, 6.07) is 4.02. The molecule has 2 rings (SSSR count). The molecule has 0 bridgehead atoms. The molecule has 0 radical (unpaired) electrons. The van der Waals surface area contributed by atoms with Crippen LogP contribution in [0.5, 0.6) is 17.2 Å². The second-order valence-electron chi connectivity index (χ2n) is 3.70. The number of rotatable bonds is 3. The number of halogens is 1. The molecular formula is C11H16ClNO3. The van der Waals surface area contributed by atoms with E-state index >= 15 is 0 Å². The van der Waals surface area contributed by atoms with E-state index < -0.39 is 0 Å². The minimum absolute atomic E-state index is 0. The molecule has 1 aromatic carbocycles. The number of benzene rings is 1. The maximum absolute atomic E-state index is 9.92. The summed E-state index contributed by atoms with van der Waals surface area (Å²) in [5.41, 5.74) is 0.876. The Morgan fingerprint density at radius 2 is 2.19 bits per heavy atom. The molecule has 0 amide bonds. The number of phenols is 1. The van der Waals surface area contributed by atoms with Gasteiger partial charge in [0.05, 0.1) is 0 Å². The van der Waals surface area contributed by atoms with Crippen molar-refractivity contribution < 1.29 is 14.6 Å². The summed E-state index contributed by atoms with van der Waals surface area (Å²) in [4.78, 5) is 0. The molecule has 90 valence electrons. The van der Waals surface area contributed by atoms with Crippen molar-refractivity contribution in [1.82, 2.24) is 5.32 Å². The van der Waals surface area contributed by atoms with E-state index in [1.165, 1.54) is 0 Å². The number of likely N-dealkylation sites (N-methyl/N-ethyl adjacent to an activating group) is 1. The Kier molecular flexibility index (Phi) is 4.26. The van der Waals surface area contributed by atoms with Crippen LogP contribution in [0.1, 0.15) is 12.5 Å². The van der Waals surface area contributed by atoms with Crippen LogP contribution in [-0.2, 0) is 6.42 Å². The van der Waals surface area contributed by atoms with Gasteiger partial charge in [0.1, 0.15) is 0 Å². The van der Waals surface area contributed by atoms with E-state index in [0.717, 1.165) is 12.0 Å². The van der Waals surface area contributed by atoms with Crippen molar-refractivity contribution in [3.8, 4) is 17.2 Å². The Morgan fingerprint density at radius 3 is 2.88 bits per heavy atom. The van der Waals surface area contributed by atoms with E-state index in [-0.39, 0.29) is 24.9 Å². The van der Waals surface area contributed by atoms with Gasteiger partial charge in [0.15, 0.2) is 11.5 Å². The molecule has 0 saturated heterocycles. The highest BCUT2D eigenvalue weighted by Gasteiger charge is 2.20. The first-order valence-corrected chi connectivity index (χ1v) is 5.00. The van der Waals surface area contributed by atoms with Gasteiger partial charge in [-0.3, -0.25) is 0 Å². The average Bonchev–Trinajstić information content (AvgIpc) is 2.70. The molecule has 1 aliphatic heterocycles.